The number of rotatable bonds is 3. The van der Waals surface area contributed by atoms with Gasteiger partial charge in [0, 0.05) is 11.5 Å². The lowest BCUT2D eigenvalue weighted by Gasteiger charge is -2.25. The summed E-state index contributed by atoms with van der Waals surface area (Å²) in [5.74, 6) is -2.15. The molecule has 0 bridgehead atoms. The Balaban J connectivity index is 2.11. The zero-order chi connectivity index (χ0) is 13.1. The number of benzene rings is 1. The Morgan fingerprint density at radius 3 is 2.61 bits per heavy atom. The molecule has 0 amide bonds. The molecule has 96 valence electrons. The molecule has 0 heterocycles. The summed E-state index contributed by atoms with van der Waals surface area (Å²) in [6.07, 6.45) is 2.43. The fourth-order valence-electron chi connectivity index (χ4n) is 2.53. The Labute approximate surface area is 105 Å². The van der Waals surface area contributed by atoms with Gasteiger partial charge in [0.1, 0.15) is 5.82 Å². The summed E-state index contributed by atoms with van der Waals surface area (Å²) in [4.78, 5) is 23.1. The number of carbonyl (C=O) groups excluding carboxylic acids is 1. The van der Waals surface area contributed by atoms with Gasteiger partial charge >= 0.3 is 5.97 Å². The van der Waals surface area contributed by atoms with Crippen LogP contribution in [-0.2, 0) is 4.79 Å². The molecule has 3 nitrogen and oxygen atoms in total. The lowest BCUT2D eigenvalue weighted by molar-refractivity contribution is -0.143. The standard InChI is InChI=1S/C14H15FO3/c15-12-6-2-4-10(8-12)13(16)9-3-1-5-11(7-9)14(17)18/h2,4,6,8-9,11H,1,3,5,7H2,(H,17,18)/t9-,11+/m1/s1. The van der Waals surface area contributed by atoms with Crippen molar-refractivity contribution in [3.05, 3.63) is 35.6 Å². The maximum absolute atomic E-state index is 13.1. The normalized spacial score (nSPS) is 23.6. The highest BCUT2D eigenvalue weighted by atomic mass is 19.1. The van der Waals surface area contributed by atoms with Crippen molar-refractivity contribution >= 4 is 11.8 Å². The zero-order valence-electron chi connectivity index (χ0n) is 9.93. The monoisotopic (exact) mass is 250 g/mol. The fraction of sp³-hybridized carbons (Fsp3) is 0.429. The molecule has 4 heteroatoms. The van der Waals surface area contributed by atoms with E-state index in [1.807, 2.05) is 0 Å². The van der Waals surface area contributed by atoms with E-state index < -0.39 is 17.7 Å². The van der Waals surface area contributed by atoms with Crippen LogP contribution in [0.25, 0.3) is 0 Å². The Morgan fingerprint density at radius 1 is 1.22 bits per heavy atom. The van der Waals surface area contributed by atoms with Crippen LogP contribution < -0.4 is 0 Å². The van der Waals surface area contributed by atoms with Crippen LogP contribution in [0.5, 0.6) is 0 Å². The van der Waals surface area contributed by atoms with Crippen molar-refractivity contribution in [3.8, 4) is 0 Å². The average molecular weight is 250 g/mol. The molecule has 1 aromatic carbocycles. The molecule has 0 unspecified atom stereocenters. The Kier molecular flexibility index (Phi) is 3.75. The summed E-state index contributed by atoms with van der Waals surface area (Å²) >= 11 is 0. The van der Waals surface area contributed by atoms with Crippen LogP contribution >= 0.6 is 0 Å². The predicted molar refractivity (Wildman–Crippen MR) is 63.8 cm³/mol. The average Bonchev–Trinajstić information content (AvgIpc) is 2.38. The van der Waals surface area contributed by atoms with Crippen LogP contribution in [0.3, 0.4) is 0 Å². The third kappa shape index (κ3) is 2.75. The summed E-state index contributed by atoms with van der Waals surface area (Å²) in [5, 5.41) is 8.98. The van der Waals surface area contributed by atoms with E-state index in [0.29, 0.717) is 24.8 Å². The van der Waals surface area contributed by atoms with Gasteiger partial charge in [0.2, 0.25) is 0 Å². The molecular formula is C14H15FO3. The van der Waals surface area contributed by atoms with Gasteiger partial charge < -0.3 is 5.11 Å². The van der Waals surface area contributed by atoms with Crippen LogP contribution in [0.15, 0.2) is 24.3 Å². The first kappa shape index (κ1) is 12.7. The fourth-order valence-corrected chi connectivity index (χ4v) is 2.53. The lowest BCUT2D eigenvalue weighted by Crippen LogP contribution is -2.27. The third-order valence-electron chi connectivity index (χ3n) is 3.50. The van der Waals surface area contributed by atoms with Gasteiger partial charge in [-0.2, -0.15) is 0 Å². The van der Waals surface area contributed by atoms with Gasteiger partial charge in [0.25, 0.3) is 0 Å². The van der Waals surface area contributed by atoms with E-state index in [9.17, 15) is 14.0 Å². The highest BCUT2D eigenvalue weighted by Crippen LogP contribution is 2.31. The van der Waals surface area contributed by atoms with E-state index in [4.69, 9.17) is 5.11 Å². The van der Waals surface area contributed by atoms with E-state index in [1.165, 1.54) is 18.2 Å². The van der Waals surface area contributed by atoms with Crippen molar-refractivity contribution < 1.29 is 19.1 Å². The summed E-state index contributed by atoms with van der Waals surface area (Å²) in [6.45, 7) is 0. The van der Waals surface area contributed by atoms with Gasteiger partial charge in [-0.1, -0.05) is 18.6 Å². The zero-order valence-corrected chi connectivity index (χ0v) is 9.93. The molecule has 0 aromatic heterocycles. The quantitative estimate of drug-likeness (QED) is 0.839. The first-order valence-corrected chi connectivity index (χ1v) is 6.10. The molecule has 2 rings (SSSR count). The highest BCUT2D eigenvalue weighted by molar-refractivity contribution is 5.98. The number of aliphatic carboxylic acids is 1. The summed E-state index contributed by atoms with van der Waals surface area (Å²) in [6, 6.07) is 5.58. The smallest absolute Gasteiger partial charge is 0.306 e. The van der Waals surface area contributed by atoms with Crippen LogP contribution in [0, 0.1) is 17.7 Å². The second-order valence-electron chi connectivity index (χ2n) is 4.77. The third-order valence-corrected chi connectivity index (χ3v) is 3.50. The van der Waals surface area contributed by atoms with Gasteiger partial charge in [-0.25, -0.2) is 4.39 Å². The Morgan fingerprint density at radius 2 is 1.94 bits per heavy atom. The molecule has 1 saturated carbocycles. The maximum Gasteiger partial charge on any atom is 0.306 e. The molecule has 1 N–H and O–H groups in total. The van der Waals surface area contributed by atoms with E-state index in [2.05, 4.69) is 0 Å². The number of hydrogen-bond donors (Lipinski definition) is 1. The largest absolute Gasteiger partial charge is 0.481 e. The minimum Gasteiger partial charge on any atom is -0.481 e. The molecular weight excluding hydrogens is 235 g/mol. The van der Waals surface area contributed by atoms with Crippen LogP contribution in [0.2, 0.25) is 0 Å². The first-order valence-electron chi connectivity index (χ1n) is 6.10. The van der Waals surface area contributed by atoms with E-state index in [0.717, 1.165) is 6.42 Å². The first-order chi connectivity index (χ1) is 8.58. The Bertz CT molecular complexity index is 470. The van der Waals surface area contributed by atoms with Crippen molar-refractivity contribution in [2.45, 2.75) is 25.7 Å². The molecule has 0 saturated heterocycles. The molecule has 0 spiro atoms. The number of halogens is 1. The van der Waals surface area contributed by atoms with Gasteiger partial charge in [-0.3, -0.25) is 9.59 Å². The summed E-state index contributed by atoms with van der Waals surface area (Å²) < 4.78 is 13.1. The predicted octanol–water partition coefficient (Wildman–Crippen LogP) is 2.90. The SMILES string of the molecule is O=C(O)[C@H]1CCC[C@@H](C(=O)c2cccc(F)c2)C1. The van der Waals surface area contributed by atoms with Crippen molar-refractivity contribution in [2.24, 2.45) is 11.8 Å². The number of hydrogen-bond acceptors (Lipinski definition) is 2. The van der Waals surface area contributed by atoms with Gasteiger partial charge in [0.05, 0.1) is 5.92 Å². The maximum atomic E-state index is 13.1. The second kappa shape index (κ2) is 5.29. The minimum absolute atomic E-state index is 0.138. The number of ketones is 1. The number of carboxylic acids is 1. The van der Waals surface area contributed by atoms with Crippen molar-refractivity contribution in [3.63, 3.8) is 0 Å². The molecule has 18 heavy (non-hydrogen) atoms. The van der Waals surface area contributed by atoms with Crippen molar-refractivity contribution in [1.29, 1.82) is 0 Å². The van der Waals surface area contributed by atoms with Crippen molar-refractivity contribution in [1.82, 2.24) is 0 Å². The van der Waals surface area contributed by atoms with E-state index >= 15 is 0 Å². The van der Waals surface area contributed by atoms with Crippen LogP contribution in [0.4, 0.5) is 4.39 Å². The van der Waals surface area contributed by atoms with Crippen LogP contribution in [0.1, 0.15) is 36.0 Å². The van der Waals surface area contributed by atoms with Gasteiger partial charge in [-0.05, 0) is 31.4 Å². The van der Waals surface area contributed by atoms with Gasteiger partial charge in [0.15, 0.2) is 5.78 Å². The minimum atomic E-state index is -0.841. The Hall–Kier alpha value is -1.71. The molecule has 1 fully saturated rings. The molecule has 0 aliphatic heterocycles. The number of carboxylic acid groups (broad SMARTS) is 1. The molecule has 2 atom stereocenters. The van der Waals surface area contributed by atoms with E-state index in [-0.39, 0.29) is 11.7 Å². The molecule has 1 aliphatic carbocycles. The summed E-state index contributed by atoms with van der Waals surface area (Å²) in [7, 11) is 0. The van der Waals surface area contributed by atoms with E-state index in [1.54, 1.807) is 6.07 Å². The number of carbonyl (C=O) groups is 2. The number of Topliss-reactive ketones (excluding diaryl/α,β-unsaturated/α-hetero) is 1. The molecule has 1 aromatic rings. The lowest BCUT2D eigenvalue weighted by atomic mass is 9.78. The van der Waals surface area contributed by atoms with Gasteiger partial charge in [-0.15, -0.1) is 0 Å². The summed E-state index contributed by atoms with van der Waals surface area (Å²) in [5.41, 5.74) is 0.339. The second-order valence-corrected chi connectivity index (χ2v) is 4.77. The molecule has 0 radical (unpaired) electrons. The topological polar surface area (TPSA) is 54.4 Å². The van der Waals surface area contributed by atoms with Crippen molar-refractivity contribution in [2.75, 3.05) is 0 Å². The molecule has 1 aliphatic rings. The van der Waals surface area contributed by atoms with Crippen LogP contribution in [-0.4, -0.2) is 16.9 Å². The highest BCUT2D eigenvalue weighted by Gasteiger charge is 2.31.